The average Bonchev–Trinajstić information content (AvgIpc) is 2.81. The number of carboxylic acids is 1. The van der Waals surface area contributed by atoms with Gasteiger partial charge in [0.15, 0.2) is 5.69 Å². The van der Waals surface area contributed by atoms with Crippen molar-refractivity contribution in [3.63, 3.8) is 0 Å². The van der Waals surface area contributed by atoms with E-state index in [4.69, 9.17) is 9.52 Å². The fourth-order valence-corrected chi connectivity index (χ4v) is 1.49. The smallest absolute Gasteiger partial charge is 0.354 e. The van der Waals surface area contributed by atoms with Gasteiger partial charge in [0.1, 0.15) is 5.76 Å². The van der Waals surface area contributed by atoms with E-state index in [2.05, 4.69) is 15.3 Å². The van der Waals surface area contributed by atoms with E-state index in [1.54, 1.807) is 6.92 Å². The number of carbonyl (C=O) groups is 1. The monoisotopic (exact) mass is 278 g/mol. The third-order valence-corrected chi connectivity index (χ3v) is 2.37. The molecule has 2 N–H and O–H groups in total. The maximum absolute atomic E-state index is 10.9. The van der Waals surface area contributed by atoms with Crippen LogP contribution in [0.4, 0.5) is 11.5 Å². The predicted octanol–water partition coefficient (Wildman–Crippen LogP) is 1.60. The van der Waals surface area contributed by atoms with E-state index in [0.29, 0.717) is 11.7 Å². The summed E-state index contributed by atoms with van der Waals surface area (Å²) in [6.07, 6.45) is 1.51. The summed E-state index contributed by atoms with van der Waals surface area (Å²) in [5.74, 6) is -0.497. The highest BCUT2D eigenvalue weighted by molar-refractivity contribution is 5.86. The van der Waals surface area contributed by atoms with Crippen LogP contribution in [0, 0.1) is 17.0 Å². The van der Waals surface area contributed by atoms with E-state index in [0.717, 1.165) is 12.1 Å². The van der Waals surface area contributed by atoms with E-state index < -0.39 is 10.9 Å². The van der Waals surface area contributed by atoms with E-state index >= 15 is 0 Å². The first-order chi connectivity index (χ1) is 9.47. The molecule has 0 amide bonds. The fourth-order valence-electron chi connectivity index (χ4n) is 1.49. The quantitative estimate of drug-likeness (QED) is 0.622. The number of oxazole rings is 1. The molecule has 0 unspecified atom stereocenters. The van der Waals surface area contributed by atoms with E-state index in [9.17, 15) is 14.9 Å². The van der Waals surface area contributed by atoms with Crippen LogP contribution in [0.15, 0.2) is 22.7 Å². The largest absolute Gasteiger partial charge is 0.477 e. The van der Waals surface area contributed by atoms with Crippen LogP contribution in [0.2, 0.25) is 0 Å². The number of nitrogens with one attached hydrogen (secondary N) is 1. The molecule has 0 spiro atoms. The summed E-state index contributed by atoms with van der Waals surface area (Å²) in [7, 11) is 0. The van der Waals surface area contributed by atoms with Crippen LogP contribution in [0.3, 0.4) is 0 Å². The standard InChI is InChI=1S/C11H10N4O5/c1-6-4-12-9(20-6)5-13-10-8(15(18)19)3-2-7(14-10)11(16)17/h2-4H,5H2,1H3,(H,13,14)(H,16,17). The molecule has 0 saturated carbocycles. The molecule has 2 aromatic rings. The van der Waals surface area contributed by atoms with Crippen molar-refractivity contribution < 1.29 is 19.2 Å². The first kappa shape index (κ1) is 13.5. The summed E-state index contributed by atoms with van der Waals surface area (Å²) in [5, 5.41) is 22.3. The number of pyridine rings is 1. The average molecular weight is 278 g/mol. The van der Waals surface area contributed by atoms with Gasteiger partial charge >= 0.3 is 11.7 Å². The Balaban J connectivity index is 2.25. The molecule has 2 aromatic heterocycles. The normalized spacial score (nSPS) is 10.2. The maximum atomic E-state index is 10.9. The Labute approximate surface area is 112 Å². The second-order valence-corrected chi connectivity index (χ2v) is 3.84. The lowest BCUT2D eigenvalue weighted by atomic mass is 10.3. The summed E-state index contributed by atoms with van der Waals surface area (Å²) in [5.41, 5.74) is -0.611. The molecule has 2 heterocycles. The fraction of sp³-hybridized carbons (Fsp3) is 0.182. The van der Waals surface area contributed by atoms with Gasteiger partial charge in [0.2, 0.25) is 11.7 Å². The summed E-state index contributed by atoms with van der Waals surface area (Å²) >= 11 is 0. The topological polar surface area (TPSA) is 131 Å². The molecule has 0 fully saturated rings. The van der Waals surface area contributed by atoms with Gasteiger partial charge in [-0.25, -0.2) is 14.8 Å². The van der Waals surface area contributed by atoms with Gasteiger partial charge in [-0.2, -0.15) is 0 Å². The minimum absolute atomic E-state index is 0.0603. The molecular weight excluding hydrogens is 268 g/mol. The highest BCUT2D eigenvalue weighted by Crippen LogP contribution is 2.22. The van der Waals surface area contributed by atoms with Gasteiger partial charge < -0.3 is 14.8 Å². The number of nitrogens with zero attached hydrogens (tertiary/aromatic N) is 3. The van der Waals surface area contributed by atoms with Crippen molar-refractivity contribution >= 4 is 17.5 Å². The highest BCUT2D eigenvalue weighted by Gasteiger charge is 2.18. The molecule has 9 nitrogen and oxygen atoms in total. The number of rotatable bonds is 5. The first-order valence-corrected chi connectivity index (χ1v) is 5.51. The molecular formula is C11H10N4O5. The van der Waals surface area contributed by atoms with Crippen LogP contribution in [-0.4, -0.2) is 26.0 Å². The number of nitro groups is 1. The molecule has 104 valence electrons. The zero-order valence-electron chi connectivity index (χ0n) is 10.4. The van der Waals surface area contributed by atoms with Crippen molar-refractivity contribution in [3.8, 4) is 0 Å². The van der Waals surface area contributed by atoms with Gasteiger partial charge in [0.05, 0.1) is 17.7 Å². The van der Waals surface area contributed by atoms with Crippen molar-refractivity contribution in [1.29, 1.82) is 0 Å². The van der Waals surface area contributed by atoms with Gasteiger partial charge in [-0.15, -0.1) is 0 Å². The van der Waals surface area contributed by atoms with Crippen molar-refractivity contribution in [2.24, 2.45) is 0 Å². The Morgan fingerprint density at radius 2 is 2.30 bits per heavy atom. The zero-order chi connectivity index (χ0) is 14.7. The van der Waals surface area contributed by atoms with E-state index in [-0.39, 0.29) is 23.7 Å². The molecule has 0 aliphatic heterocycles. The SMILES string of the molecule is Cc1cnc(CNc2nc(C(=O)O)ccc2[N+](=O)[O-])o1. The minimum Gasteiger partial charge on any atom is -0.477 e. The van der Waals surface area contributed by atoms with Crippen molar-refractivity contribution in [3.05, 3.63) is 45.8 Å². The Hall–Kier alpha value is -2.97. The number of aromatic nitrogens is 2. The Bertz CT molecular complexity index is 667. The number of hydrogen-bond donors (Lipinski definition) is 2. The third-order valence-electron chi connectivity index (χ3n) is 2.37. The van der Waals surface area contributed by atoms with Crippen molar-refractivity contribution in [2.75, 3.05) is 5.32 Å². The highest BCUT2D eigenvalue weighted by atomic mass is 16.6. The summed E-state index contributed by atoms with van der Waals surface area (Å²) in [4.78, 5) is 28.6. The molecule has 0 aromatic carbocycles. The van der Waals surface area contributed by atoms with Crippen LogP contribution in [0.1, 0.15) is 22.1 Å². The number of carboxylic acid groups (broad SMARTS) is 1. The Kier molecular flexibility index (Phi) is 3.60. The van der Waals surface area contributed by atoms with E-state index in [1.165, 1.54) is 6.20 Å². The molecule has 0 bridgehead atoms. The summed E-state index contributed by atoms with van der Waals surface area (Å²) in [6, 6.07) is 2.15. The second-order valence-electron chi connectivity index (χ2n) is 3.84. The lowest BCUT2D eigenvalue weighted by Gasteiger charge is -2.04. The molecule has 0 aliphatic rings. The van der Waals surface area contributed by atoms with Crippen LogP contribution >= 0.6 is 0 Å². The van der Waals surface area contributed by atoms with Crippen molar-refractivity contribution in [1.82, 2.24) is 9.97 Å². The van der Waals surface area contributed by atoms with Crippen LogP contribution in [-0.2, 0) is 6.54 Å². The molecule has 0 aliphatic carbocycles. The Morgan fingerprint density at radius 1 is 1.55 bits per heavy atom. The number of anilines is 1. The Morgan fingerprint density at radius 3 is 2.85 bits per heavy atom. The summed E-state index contributed by atoms with van der Waals surface area (Å²) < 4.78 is 5.20. The van der Waals surface area contributed by atoms with Gasteiger partial charge in [0, 0.05) is 6.07 Å². The first-order valence-electron chi connectivity index (χ1n) is 5.51. The van der Waals surface area contributed by atoms with Crippen LogP contribution < -0.4 is 5.32 Å². The third kappa shape index (κ3) is 2.88. The molecule has 0 radical (unpaired) electrons. The predicted molar refractivity (Wildman–Crippen MR) is 66.4 cm³/mol. The molecule has 2 rings (SSSR count). The van der Waals surface area contributed by atoms with Gasteiger partial charge in [0.25, 0.3) is 0 Å². The minimum atomic E-state index is -1.27. The second kappa shape index (κ2) is 5.34. The van der Waals surface area contributed by atoms with Gasteiger partial charge in [-0.05, 0) is 13.0 Å². The number of hydrogen-bond acceptors (Lipinski definition) is 7. The molecule has 0 saturated heterocycles. The lowest BCUT2D eigenvalue weighted by Crippen LogP contribution is -2.08. The lowest BCUT2D eigenvalue weighted by molar-refractivity contribution is -0.384. The zero-order valence-corrected chi connectivity index (χ0v) is 10.4. The maximum Gasteiger partial charge on any atom is 0.354 e. The van der Waals surface area contributed by atoms with E-state index in [1.807, 2.05) is 0 Å². The molecule has 9 heteroatoms. The summed E-state index contributed by atoms with van der Waals surface area (Å²) in [6.45, 7) is 1.77. The van der Waals surface area contributed by atoms with Gasteiger partial charge in [-0.1, -0.05) is 0 Å². The number of aromatic carboxylic acids is 1. The van der Waals surface area contributed by atoms with Gasteiger partial charge in [-0.3, -0.25) is 10.1 Å². The molecule has 0 atom stereocenters. The molecule has 20 heavy (non-hydrogen) atoms. The van der Waals surface area contributed by atoms with Crippen molar-refractivity contribution in [2.45, 2.75) is 13.5 Å². The number of aryl methyl sites for hydroxylation is 1. The van der Waals surface area contributed by atoms with Crippen LogP contribution in [0.5, 0.6) is 0 Å². The van der Waals surface area contributed by atoms with Crippen LogP contribution in [0.25, 0.3) is 0 Å².